The third kappa shape index (κ3) is 2.46. The number of nitrogens with one attached hydrogen (secondary N) is 2. The molecule has 0 aliphatic carbocycles. The number of H-pyrrole nitrogens is 1. The van der Waals surface area contributed by atoms with Crippen molar-refractivity contribution in [3.8, 4) is 0 Å². The molecule has 2 rings (SSSR count). The van der Waals surface area contributed by atoms with Crippen LogP contribution in [0.25, 0.3) is 0 Å². The summed E-state index contributed by atoms with van der Waals surface area (Å²) in [6.45, 7) is 0. The highest BCUT2D eigenvalue weighted by Gasteiger charge is 2.13. The highest BCUT2D eigenvalue weighted by molar-refractivity contribution is 6.34. The summed E-state index contributed by atoms with van der Waals surface area (Å²) in [5.74, 6) is -0.466. The van der Waals surface area contributed by atoms with E-state index in [9.17, 15) is 14.9 Å². The number of hydrogen-bond donors (Lipinski definition) is 2. The number of halogens is 1. The zero-order valence-corrected chi connectivity index (χ0v) is 9.64. The van der Waals surface area contributed by atoms with Gasteiger partial charge >= 0.3 is 0 Å². The van der Waals surface area contributed by atoms with Crippen LogP contribution in [-0.2, 0) is 0 Å². The van der Waals surface area contributed by atoms with E-state index in [1.165, 1.54) is 30.5 Å². The maximum Gasteiger partial charge on any atom is 0.275 e. The number of benzene rings is 1. The Morgan fingerprint density at radius 1 is 1.39 bits per heavy atom. The first-order valence-corrected chi connectivity index (χ1v) is 5.20. The average Bonchev–Trinajstić information content (AvgIpc) is 2.76. The molecule has 1 aromatic carbocycles. The lowest BCUT2D eigenvalue weighted by atomic mass is 10.2. The maximum absolute atomic E-state index is 11.7. The Morgan fingerprint density at radius 2 is 2.06 bits per heavy atom. The highest BCUT2D eigenvalue weighted by atomic mass is 35.5. The molecule has 8 heteroatoms. The predicted octanol–water partition coefficient (Wildman–Crippen LogP) is 2.22. The number of aromatic nitrogens is 2. The van der Waals surface area contributed by atoms with E-state index in [4.69, 9.17) is 11.6 Å². The van der Waals surface area contributed by atoms with Gasteiger partial charge in [-0.25, -0.2) is 0 Å². The number of rotatable bonds is 3. The van der Waals surface area contributed by atoms with Crippen molar-refractivity contribution in [1.82, 2.24) is 10.2 Å². The molecular formula is C10H7ClN4O3. The molecule has 0 aliphatic heterocycles. The van der Waals surface area contributed by atoms with Gasteiger partial charge in [0.05, 0.1) is 16.1 Å². The zero-order chi connectivity index (χ0) is 13.1. The second kappa shape index (κ2) is 4.84. The molecule has 0 spiro atoms. The number of anilines is 1. The van der Waals surface area contributed by atoms with Gasteiger partial charge in [-0.3, -0.25) is 20.0 Å². The van der Waals surface area contributed by atoms with E-state index in [-0.39, 0.29) is 16.4 Å². The third-order valence-electron chi connectivity index (χ3n) is 2.16. The molecule has 0 aliphatic rings. The molecule has 1 heterocycles. The SMILES string of the molecule is O=C(Nc1ccc([N+](=O)[O-])cc1)c1[nH]ncc1Cl. The molecule has 1 aromatic heterocycles. The summed E-state index contributed by atoms with van der Waals surface area (Å²) in [6, 6.07) is 5.45. The molecule has 0 fully saturated rings. The van der Waals surface area contributed by atoms with Crippen LogP contribution in [0.3, 0.4) is 0 Å². The number of hydrogen-bond acceptors (Lipinski definition) is 4. The Morgan fingerprint density at radius 3 is 2.56 bits per heavy atom. The molecule has 0 atom stereocenters. The fourth-order valence-corrected chi connectivity index (χ4v) is 1.47. The van der Waals surface area contributed by atoms with Crippen molar-refractivity contribution < 1.29 is 9.72 Å². The van der Waals surface area contributed by atoms with Crippen LogP contribution in [0.2, 0.25) is 5.02 Å². The number of nitrogens with zero attached hydrogens (tertiary/aromatic N) is 2. The van der Waals surface area contributed by atoms with Crippen LogP contribution in [0.1, 0.15) is 10.5 Å². The monoisotopic (exact) mass is 266 g/mol. The van der Waals surface area contributed by atoms with Crippen LogP contribution >= 0.6 is 11.6 Å². The maximum atomic E-state index is 11.7. The number of carbonyl (C=O) groups excluding carboxylic acids is 1. The summed E-state index contributed by atoms with van der Waals surface area (Å²) < 4.78 is 0. The minimum atomic E-state index is -0.517. The van der Waals surface area contributed by atoms with Gasteiger partial charge < -0.3 is 5.32 Å². The summed E-state index contributed by atoms with van der Waals surface area (Å²) in [5.41, 5.74) is 0.513. The van der Waals surface area contributed by atoms with E-state index in [2.05, 4.69) is 15.5 Å². The van der Waals surface area contributed by atoms with E-state index >= 15 is 0 Å². The standard InChI is InChI=1S/C10H7ClN4O3/c11-8-5-12-14-9(8)10(16)13-6-1-3-7(4-2-6)15(17)18/h1-5H,(H,12,14)(H,13,16). The molecule has 2 aromatic rings. The van der Waals surface area contributed by atoms with Crippen LogP contribution in [0.5, 0.6) is 0 Å². The summed E-state index contributed by atoms with van der Waals surface area (Å²) in [7, 11) is 0. The van der Waals surface area contributed by atoms with Crippen molar-refractivity contribution in [1.29, 1.82) is 0 Å². The molecule has 2 N–H and O–H groups in total. The molecule has 1 amide bonds. The van der Waals surface area contributed by atoms with Gasteiger partial charge in [-0.05, 0) is 12.1 Å². The lowest BCUT2D eigenvalue weighted by Gasteiger charge is -2.03. The molecule has 18 heavy (non-hydrogen) atoms. The summed E-state index contributed by atoms with van der Waals surface area (Å²) in [6.07, 6.45) is 1.31. The fraction of sp³-hybridized carbons (Fsp3) is 0. The average molecular weight is 267 g/mol. The number of amides is 1. The molecule has 0 saturated carbocycles. The van der Waals surface area contributed by atoms with Gasteiger partial charge in [-0.1, -0.05) is 11.6 Å². The molecule has 0 bridgehead atoms. The van der Waals surface area contributed by atoms with Crippen LogP contribution in [0.15, 0.2) is 30.5 Å². The van der Waals surface area contributed by atoms with E-state index < -0.39 is 10.8 Å². The Kier molecular flexibility index (Phi) is 3.24. The first kappa shape index (κ1) is 12.1. The minimum Gasteiger partial charge on any atom is -0.321 e. The van der Waals surface area contributed by atoms with Crippen LogP contribution in [-0.4, -0.2) is 21.0 Å². The van der Waals surface area contributed by atoms with Crippen molar-refractivity contribution in [3.63, 3.8) is 0 Å². The van der Waals surface area contributed by atoms with Gasteiger partial charge in [0.1, 0.15) is 5.69 Å². The fourth-order valence-electron chi connectivity index (χ4n) is 1.29. The van der Waals surface area contributed by atoms with Gasteiger partial charge in [0.25, 0.3) is 11.6 Å². The summed E-state index contributed by atoms with van der Waals surface area (Å²) in [5, 5.41) is 19.3. The molecular weight excluding hydrogens is 260 g/mol. The van der Waals surface area contributed by atoms with Crippen LogP contribution < -0.4 is 5.32 Å². The number of nitro groups is 1. The van der Waals surface area contributed by atoms with Gasteiger partial charge in [0, 0.05) is 17.8 Å². The molecule has 0 unspecified atom stereocenters. The van der Waals surface area contributed by atoms with Crippen LogP contribution in [0, 0.1) is 10.1 Å². The van der Waals surface area contributed by atoms with Crippen molar-refractivity contribution in [3.05, 3.63) is 51.3 Å². The van der Waals surface area contributed by atoms with Gasteiger partial charge in [0.2, 0.25) is 0 Å². The number of non-ortho nitro benzene ring substituents is 1. The third-order valence-corrected chi connectivity index (χ3v) is 2.44. The van der Waals surface area contributed by atoms with Crippen molar-refractivity contribution in [2.45, 2.75) is 0 Å². The van der Waals surface area contributed by atoms with Gasteiger partial charge in [0.15, 0.2) is 0 Å². The smallest absolute Gasteiger partial charge is 0.275 e. The second-order valence-corrected chi connectivity index (χ2v) is 3.76. The second-order valence-electron chi connectivity index (χ2n) is 3.35. The number of aromatic amines is 1. The zero-order valence-electron chi connectivity index (χ0n) is 8.88. The molecule has 92 valence electrons. The first-order chi connectivity index (χ1) is 8.58. The summed E-state index contributed by atoms with van der Waals surface area (Å²) >= 11 is 5.72. The van der Waals surface area contributed by atoms with E-state index in [1.807, 2.05) is 0 Å². The topological polar surface area (TPSA) is 101 Å². The van der Waals surface area contributed by atoms with Gasteiger partial charge in [-0.15, -0.1) is 0 Å². The quantitative estimate of drug-likeness (QED) is 0.657. The van der Waals surface area contributed by atoms with Crippen molar-refractivity contribution >= 4 is 28.9 Å². The number of carbonyl (C=O) groups is 1. The molecule has 0 radical (unpaired) electrons. The van der Waals surface area contributed by atoms with Crippen molar-refractivity contribution in [2.75, 3.05) is 5.32 Å². The molecule has 7 nitrogen and oxygen atoms in total. The van der Waals surface area contributed by atoms with E-state index in [1.54, 1.807) is 0 Å². The number of nitro benzene ring substituents is 1. The first-order valence-electron chi connectivity index (χ1n) is 4.82. The highest BCUT2D eigenvalue weighted by Crippen LogP contribution is 2.17. The normalized spacial score (nSPS) is 10.1. The minimum absolute atomic E-state index is 0.0485. The van der Waals surface area contributed by atoms with E-state index in [0.717, 1.165) is 0 Å². The van der Waals surface area contributed by atoms with Crippen LogP contribution in [0.4, 0.5) is 11.4 Å². The summed E-state index contributed by atoms with van der Waals surface area (Å²) in [4.78, 5) is 21.7. The lowest BCUT2D eigenvalue weighted by molar-refractivity contribution is -0.384. The Balaban J connectivity index is 2.13. The van der Waals surface area contributed by atoms with E-state index in [0.29, 0.717) is 5.69 Å². The molecule has 0 saturated heterocycles. The Labute approximate surface area is 106 Å². The lowest BCUT2D eigenvalue weighted by Crippen LogP contribution is -2.12. The predicted molar refractivity (Wildman–Crippen MR) is 64.6 cm³/mol. The largest absolute Gasteiger partial charge is 0.321 e. The van der Waals surface area contributed by atoms with Gasteiger partial charge in [-0.2, -0.15) is 5.10 Å². The Hall–Kier alpha value is -2.41. The van der Waals surface area contributed by atoms with Crippen molar-refractivity contribution in [2.24, 2.45) is 0 Å². The Bertz CT molecular complexity index is 593.